The lowest BCUT2D eigenvalue weighted by Crippen LogP contribution is -2.11. The molecule has 2 rings (SSSR count). The fraction of sp³-hybridized carbons (Fsp3) is 0.111. The number of carbonyl (C=O) groups excluding carboxylic acids is 1. The van der Waals surface area contributed by atoms with Crippen LogP contribution in [0.1, 0.15) is 10.4 Å². The molecule has 0 radical (unpaired) electrons. The van der Waals surface area contributed by atoms with E-state index < -0.39 is 5.91 Å². The monoisotopic (exact) mass is 207 g/mol. The van der Waals surface area contributed by atoms with E-state index in [0.29, 0.717) is 5.56 Å². The summed E-state index contributed by atoms with van der Waals surface area (Å²) in [6, 6.07) is 7.06. The summed E-state index contributed by atoms with van der Waals surface area (Å²) in [6.07, 6.45) is 1.84. The Kier molecular flexibility index (Phi) is 2.41. The maximum absolute atomic E-state index is 10.8. The van der Waals surface area contributed by atoms with Crippen LogP contribution in [0.15, 0.2) is 29.4 Å². The molecule has 0 aromatic heterocycles. The lowest BCUT2D eigenvalue weighted by Gasteiger charge is -2.11. The van der Waals surface area contributed by atoms with Gasteiger partial charge in [0.15, 0.2) is 0 Å². The van der Waals surface area contributed by atoms with E-state index in [0.717, 1.165) is 11.4 Å². The van der Waals surface area contributed by atoms with Gasteiger partial charge in [-0.25, -0.2) is 4.41 Å². The number of nitrogens with two attached hydrogens (primary N) is 1. The molecule has 1 aromatic carbocycles. The van der Waals surface area contributed by atoms with Crippen LogP contribution in [0.3, 0.4) is 0 Å². The van der Waals surface area contributed by atoms with Crippen molar-refractivity contribution in [3.05, 3.63) is 29.8 Å². The summed E-state index contributed by atoms with van der Waals surface area (Å²) in [7, 11) is 0. The van der Waals surface area contributed by atoms with Gasteiger partial charge in [-0.1, -0.05) is 0 Å². The van der Waals surface area contributed by atoms with Gasteiger partial charge in [-0.3, -0.25) is 4.79 Å². The molecule has 72 valence electrons. The molecule has 14 heavy (non-hydrogen) atoms. The third-order valence-corrected chi connectivity index (χ3v) is 2.68. The summed E-state index contributed by atoms with van der Waals surface area (Å²) in [6.45, 7) is 0. The van der Waals surface area contributed by atoms with Gasteiger partial charge in [-0.05, 0) is 36.2 Å². The lowest BCUT2D eigenvalue weighted by molar-refractivity contribution is 0.100. The highest BCUT2D eigenvalue weighted by atomic mass is 32.2. The van der Waals surface area contributed by atoms with E-state index in [9.17, 15) is 4.79 Å². The van der Waals surface area contributed by atoms with Gasteiger partial charge in [0.2, 0.25) is 5.91 Å². The maximum atomic E-state index is 10.8. The maximum Gasteiger partial charge on any atom is 0.248 e. The average molecular weight is 207 g/mol. The van der Waals surface area contributed by atoms with Gasteiger partial charge in [0.1, 0.15) is 0 Å². The van der Waals surface area contributed by atoms with Crippen molar-refractivity contribution in [3.8, 4) is 0 Å². The molecular weight excluding hydrogens is 198 g/mol. The number of rotatable bonds is 2. The fourth-order valence-corrected chi connectivity index (χ4v) is 1.82. The van der Waals surface area contributed by atoms with E-state index in [4.69, 9.17) is 5.73 Å². The van der Waals surface area contributed by atoms with Crippen LogP contribution in [0.25, 0.3) is 0 Å². The zero-order chi connectivity index (χ0) is 9.97. The SMILES string of the molecule is NC(=O)c1ccc(N2N=CCS2)cc1. The first-order chi connectivity index (χ1) is 6.77. The smallest absolute Gasteiger partial charge is 0.248 e. The Morgan fingerprint density at radius 3 is 2.64 bits per heavy atom. The minimum atomic E-state index is -0.408. The van der Waals surface area contributed by atoms with Crippen molar-refractivity contribution < 1.29 is 4.79 Å². The van der Waals surface area contributed by atoms with E-state index in [1.165, 1.54) is 0 Å². The molecule has 1 aliphatic rings. The largest absolute Gasteiger partial charge is 0.366 e. The number of primary amides is 1. The molecule has 0 aliphatic carbocycles. The molecular formula is C9H9N3OS. The Bertz CT molecular complexity index is 374. The molecule has 0 saturated carbocycles. The third kappa shape index (κ3) is 1.72. The van der Waals surface area contributed by atoms with Gasteiger partial charge in [-0.2, -0.15) is 5.10 Å². The van der Waals surface area contributed by atoms with E-state index in [1.807, 2.05) is 22.8 Å². The number of nitrogens with zero attached hydrogens (tertiary/aromatic N) is 2. The predicted octanol–water partition coefficient (Wildman–Crippen LogP) is 1.24. The molecule has 0 spiro atoms. The Morgan fingerprint density at radius 1 is 1.43 bits per heavy atom. The summed E-state index contributed by atoms with van der Waals surface area (Å²) in [5.41, 5.74) is 6.60. The summed E-state index contributed by atoms with van der Waals surface area (Å²) in [5, 5.41) is 4.14. The third-order valence-electron chi connectivity index (χ3n) is 1.83. The second kappa shape index (κ2) is 3.71. The number of carbonyl (C=O) groups is 1. The van der Waals surface area contributed by atoms with Crippen LogP contribution in [0.4, 0.5) is 5.69 Å². The molecule has 0 unspecified atom stereocenters. The predicted molar refractivity (Wildman–Crippen MR) is 58.4 cm³/mol. The van der Waals surface area contributed by atoms with Crippen molar-refractivity contribution in [2.75, 3.05) is 10.2 Å². The van der Waals surface area contributed by atoms with Gasteiger partial charge < -0.3 is 5.73 Å². The van der Waals surface area contributed by atoms with Gasteiger partial charge in [-0.15, -0.1) is 0 Å². The van der Waals surface area contributed by atoms with Gasteiger partial charge in [0.25, 0.3) is 0 Å². The quantitative estimate of drug-likeness (QED) is 0.742. The van der Waals surface area contributed by atoms with Gasteiger partial charge in [0, 0.05) is 11.8 Å². The minimum Gasteiger partial charge on any atom is -0.366 e. The number of benzene rings is 1. The molecule has 2 N–H and O–H groups in total. The fourth-order valence-electron chi connectivity index (χ4n) is 1.14. The molecule has 0 atom stereocenters. The van der Waals surface area contributed by atoms with Crippen molar-refractivity contribution in [2.45, 2.75) is 0 Å². The van der Waals surface area contributed by atoms with Gasteiger partial charge >= 0.3 is 0 Å². The highest BCUT2D eigenvalue weighted by Crippen LogP contribution is 2.25. The second-order valence-corrected chi connectivity index (χ2v) is 3.72. The summed E-state index contributed by atoms with van der Waals surface area (Å²) < 4.78 is 1.81. The van der Waals surface area contributed by atoms with Gasteiger partial charge in [0.05, 0.1) is 11.4 Å². The molecule has 1 aromatic rings. The van der Waals surface area contributed by atoms with Crippen molar-refractivity contribution in [2.24, 2.45) is 10.8 Å². The van der Waals surface area contributed by atoms with E-state index in [1.54, 1.807) is 24.1 Å². The molecule has 1 heterocycles. The number of amides is 1. The first-order valence-corrected chi connectivity index (χ1v) is 5.07. The Labute approximate surface area is 85.9 Å². The van der Waals surface area contributed by atoms with E-state index in [-0.39, 0.29) is 0 Å². The normalized spacial score (nSPS) is 14.7. The Hall–Kier alpha value is -1.49. The van der Waals surface area contributed by atoms with Crippen LogP contribution >= 0.6 is 11.9 Å². The van der Waals surface area contributed by atoms with Crippen LogP contribution in [-0.2, 0) is 0 Å². The highest BCUT2D eigenvalue weighted by molar-refractivity contribution is 8.01. The second-order valence-electron chi connectivity index (χ2n) is 2.78. The van der Waals surface area contributed by atoms with Crippen molar-refractivity contribution in [1.82, 2.24) is 0 Å². The van der Waals surface area contributed by atoms with Crippen LogP contribution in [-0.4, -0.2) is 17.9 Å². The Balaban J connectivity index is 2.21. The number of hydrazone groups is 1. The molecule has 5 heteroatoms. The standard InChI is InChI=1S/C9H9N3OS/c10-9(13)7-1-3-8(4-2-7)12-11-5-6-14-12/h1-5H,6H2,(H2,10,13). The minimum absolute atomic E-state index is 0.408. The zero-order valence-electron chi connectivity index (χ0n) is 7.38. The Morgan fingerprint density at radius 2 is 2.14 bits per heavy atom. The molecule has 1 aliphatic heterocycles. The average Bonchev–Trinajstić information content (AvgIpc) is 2.71. The number of hydrogen-bond acceptors (Lipinski definition) is 4. The van der Waals surface area contributed by atoms with Crippen molar-refractivity contribution in [1.29, 1.82) is 0 Å². The topological polar surface area (TPSA) is 58.7 Å². The molecule has 1 amide bonds. The highest BCUT2D eigenvalue weighted by Gasteiger charge is 2.09. The molecule has 0 saturated heterocycles. The van der Waals surface area contributed by atoms with Crippen LogP contribution in [0.5, 0.6) is 0 Å². The van der Waals surface area contributed by atoms with Crippen LogP contribution in [0.2, 0.25) is 0 Å². The molecule has 4 nitrogen and oxygen atoms in total. The summed E-state index contributed by atoms with van der Waals surface area (Å²) in [5.74, 6) is 0.478. The number of anilines is 1. The van der Waals surface area contributed by atoms with Crippen molar-refractivity contribution in [3.63, 3.8) is 0 Å². The van der Waals surface area contributed by atoms with Crippen molar-refractivity contribution >= 4 is 29.8 Å². The number of hydrogen-bond donors (Lipinski definition) is 1. The first kappa shape index (κ1) is 9.08. The molecule has 0 bridgehead atoms. The summed E-state index contributed by atoms with van der Waals surface area (Å²) in [4.78, 5) is 10.8. The van der Waals surface area contributed by atoms with E-state index in [2.05, 4.69) is 5.10 Å². The van der Waals surface area contributed by atoms with Crippen LogP contribution < -0.4 is 10.1 Å². The van der Waals surface area contributed by atoms with Crippen LogP contribution in [0, 0.1) is 0 Å². The first-order valence-electron chi connectivity index (χ1n) is 4.13. The summed E-state index contributed by atoms with van der Waals surface area (Å²) >= 11 is 1.60. The molecule has 0 fully saturated rings. The van der Waals surface area contributed by atoms with E-state index >= 15 is 0 Å². The lowest BCUT2D eigenvalue weighted by atomic mass is 10.2. The zero-order valence-corrected chi connectivity index (χ0v) is 8.20.